The lowest BCUT2D eigenvalue weighted by Crippen LogP contribution is -2.13. The van der Waals surface area contributed by atoms with Gasteiger partial charge in [-0.25, -0.2) is 0 Å². The monoisotopic (exact) mass is 298 g/mol. The van der Waals surface area contributed by atoms with Gasteiger partial charge in [-0.05, 0) is 29.7 Å². The number of carbonyl (C=O) groups excluding carboxylic acids is 1. The molecule has 4 N–H and O–H groups in total. The normalized spacial score (nSPS) is 10.6. The molecule has 116 valence electrons. The van der Waals surface area contributed by atoms with Crippen LogP contribution in [0.1, 0.15) is 27.0 Å². The zero-order chi connectivity index (χ0) is 15.8. The van der Waals surface area contributed by atoms with E-state index in [1.54, 1.807) is 12.1 Å². The molecule has 4 nitrogen and oxygen atoms in total. The van der Waals surface area contributed by atoms with Crippen molar-refractivity contribution >= 4 is 5.78 Å². The molecular formula is C18H22N2O2. The molecule has 0 atom stereocenters. The van der Waals surface area contributed by atoms with Gasteiger partial charge in [0.1, 0.15) is 0 Å². The summed E-state index contributed by atoms with van der Waals surface area (Å²) in [6.07, 6.45) is 0.898. The van der Waals surface area contributed by atoms with Gasteiger partial charge in [0, 0.05) is 5.56 Å². The van der Waals surface area contributed by atoms with E-state index in [9.17, 15) is 4.79 Å². The topological polar surface area (TPSA) is 78.3 Å². The number of Topliss-reactive ketones (excluding diaryl/α,β-unsaturated/α-hetero) is 1. The average molecular weight is 298 g/mol. The molecular weight excluding hydrogens is 276 g/mol. The summed E-state index contributed by atoms with van der Waals surface area (Å²) in [5.41, 5.74) is 14.9. The highest BCUT2D eigenvalue weighted by Gasteiger charge is 2.03. The molecule has 0 aromatic heterocycles. The Kier molecular flexibility index (Phi) is 6.27. The van der Waals surface area contributed by atoms with Crippen molar-refractivity contribution in [3.8, 4) is 0 Å². The molecule has 22 heavy (non-hydrogen) atoms. The van der Waals surface area contributed by atoms with Gasteiger partial charge < -0.3 is 16.2 Å². The summed E-state index contributed by atoms with van der Waals surface area (Å²) >= 11 is 0. The summed E-state index contributed by atoms with van der Waals surface area (Å²) in [6, 6.07) is 15.7. The van der Waals surface area contributed by atoms with E-state index in [-0.39, 0.29) is 12.3 Å². The minimum atomic E-state index is -0.0509. The second kappa shape index (κ2) is 8.44. The predicted molar refractivity (Wildman–Crippen MR) is 87.5 cm³/mol. The zero-order valence-corrected chi connectivity index (χ0v) is 12.6. The van der Waals surface area contributed by atoms with Crippen molar-refractivity contribution in [3.05, 3.63) is 70.8 Å². The molecule has 0 bridgehead atoms. The first-order valence-electron chi connectivity index (χ1n) is 7.40. The van der Waals surface area contributed by atoms with Crippen LogP contribution >= 0.6 is 0 Å². The van der Waals surface area contributed by atoms with E-state index in [1.165, 1.54) is 5.56 Å². The van der Waals surface area contributed by atoms with Crippen molar-refractivity contribution in [2.24, 2.45) is 11.5 Å². The highest BCUT2D eigenvalue weighted by atomic mass is 16.5. The molecule has 0 radical (unpaired) electrons. The van der Waals surface area contributed by atoms with Crippen LogP contribution in [0.3, 0.4) is 0 Å². The van der Waals surface area contributed by atoms with Crippen LogP contribution in [0.2, 0.25) is 0 Å². The van der Waals surface area contributed by atoms with Crippen LogP contribution < -0.4 is 11.5 Å². The molecule has 0 unspecified atom stereocenters. The molecule has 0 fully saturated rings. The Morgan fingerprint density at radius 3 is 1.82 bits per heavy atom. The van der Waals surface area contributed by atoms with Gasteiger partial charge in [0.25, 0.3) is 0 Å². The Hall–Kier alpha value is -2.01. The highest BCUT2D eigenvalue weighted by molar-refractivity contribution is 5.97. The molecule has 0 saturated heterocycles. The third kappa shape index (κ3) is 4.77. The summed E-state index contributed by atoms with van der Waals surface area (Å²) in [5, 5.41) is 0. The number of carbonyl (C=O) groups is 1. The number of ketones is 1. The molecule has 2 aromatic rings. The van der Waals surface area contributed by atoms with Crippen LogP contribution in [-0.4, -0.2) is 18.9 Å². The molecule has 0 aliphatic rings. The van der Waals surface area contributed by atoms with E-state index in [1.807, 2.05) is 12.1 Å². The Balaban J connectivity index is 1.81. The van der Waals surface area contributed by atoms with Crippen LogP contribution in [-0.2, 0) is 24.4 Å². The maximum atomic E-state index is 11.4. The molecule has 2 aromatic carbocycles. The van der Waals surface area contributed by atoms with E-state index in [0.717, 1.165) is 17.5 Å². The van der Waals surface area contributed by atoms with Gasteiger partial charge in [-0.2, -0.15) is 0 Å². The highest BCUT2D eigenvalue weighted by Crippen LogP contribution is 2.10. The quantitative estimate of drug-likeness (QED) is 0.731. The fourth-order valence-corrected chi connectivity index (χ4v) is 2.16. The fraction of sp³-hybridized carbons (Fsp3) is 0.278. The standard InChI is InChI=1S/C18H22N2O2/c19-10-9-14-1-3-15(4-2-14)12-22-13-16-5-7-17(8-6-16)18(21)11-20/h1-8H,9-13,19-20H2. The third-order valence-corrected chi connectivity index (χ3v) is 3.45. The number of hydrogen-bond donors (Lipinski definition) is 2. The Bertz CT molecular complexity index is 591. The van der Waals surface area contributed by atoms with E-state index < -0.39 is 0 Å². The van der Waals surface area contributed by atoms with Gasteiger partial charge in [-0.15, -0.1) is 0 Å². The number of ether oxygens (including phenoxy) is 1. The maximum Gasteiger partial charge on any atom is 0.176 e. The Labute approximate surface area is 131 Å². The van der Waals surface area contributed by atoms with E-state index in [2.05, 4.69) is 24.3 Å². The zero-order valence-electron chi connectivity index (χ0n) is 12.6. The van der Waals surface area contributed by atoms with Crippen LogP contribution in [0.5, 0.6) is 0 Å². The third-order valence-electron chi connectivity index (χ3n) is 3.45. The molecule has 2 rings (SSSR count). The SMILES string of the molecule is NCCc1ccc(COCc2ccc(C(=O)CN)cc2)cc1. The van der Waals surface area contributed by atoms with Gasteiger partial charge in [-0.1, -0.05) is 48.5 Å². The van der Waals surface area contributed by atoms with Gasteiger partial charge in [0.15, 0.2) is 5.78 Å². The number of benzene rings is 2. The van der Waals surface area contributed by atoms with Gasteiger partial charge in [0.2, 0.25) is 0 Å². The lowest BCUT2D eigenvalue weighted by atomic mass is 10.1. The number of hydrogen-bond acceptors (Lipinski definition) is 4. The first-order valence-corrected chi connectivity index (χ1v) is 7.40. The average Bonchev–Trinajstić information content (AvgIpc) is 2.56. The summed E-state index contributed by atoms with van der Waals surface area (Å²) in [4.78, 5) is 11.4. The van der Waals surface area contributed by atoms with Crippen LogP contribution in [0.15, 0.2) is 48.5 Å². The second-order valence-electron chi connectivity index (χ2n) is 5.17. The number of nitrogens with two attached hydrogens (primary N) is 2. The van der Waals surface area contributed by atoms with Crippen LogP contribution in [0.4, 0.5) is 0 Å². The lowest BCUT2D eigenvalue weighted by Gasteiger charge is -2.06. The van der Waals surface area contributed by atoms with Crippen LogP contribution in [0, 0.1) is 0 Å². The summed E-state index contributed by atoms with van der Waals surface area (Å²) in [7, 11) is 0. The van der Waals surface area contributed by atoms with Crippen LogP contribution in [0.25, 0.3) is 0 Å². The summed E-state index contributed by atoms with van der Waals surface area (Å²) in [5.74, 6) is -0.0509. The minimum Gasteiger partial charge on any atom is -0.372 e. The van der Waals surface area contributed by atoms with Crippen molar-refractivity contribution in [1.82, 2.24) is 0 Å². The Morgan fingerprint density at radius 1 is 0.818 bits per heavy atom. The van der Waals surface area contributed by atoms with Gasteiger partial charge in [-0.3, -0.25) is 4.79 Å². The molecule has 0 amide bonds. The van der Waals surface area contributed by atoms with E-state index >= 15 is 0 Å². The first kappa shape index (κ1) is 16.4. The maximum absolute atomic E-state index is 11.4. The molecule has 0 aliphatic carbocycles. The van der Waals surface area contributed by atoms with Crippen molar-refractivity contribution < 1.29 is 9.53 Å². The van der Waals surface area contributed by atoms with E-state index in [0.29, 0.717) is 25.3 Å². The van der Waals surface area contributed by atoms with Crippen molar-refractivity contribution in [2.75, 3.05) is 13.1 Å². The van der Waals surface area contributed by atoms with Crippen molar-refractivity contribution in [2.45, 2.75) is 19.6 Å². The molecule has 0 aliphatic heterocycles. The molecule has 4 heteroatoms. The first-order chi connectivity index (χ1) is 10.7. The largest absolute Gasteiger partial charge is 0.372 e. The number of rotatable bonds is 8. The predicted octanol–water partition coefficient (Wildman–Crippen LogP) is 2.05. The van der Waals surface area contributed by atoms with Gasteiger partial charge in [0.05, 0.1) is 19.8 Å². The fourth-order valence-electron chi connectivity index (χ4n) is 2.16. The Morgan fingerprint density at radius 2 is 1.32 bits per heavy atom. The summed E-state index contributed by atoms with van der Waals surface area (Å²) in [6.45, 7) is 1.78. The van der Waals surface area contributed by atoms with E-state index in [4.69, 9.17) is 16.2 Å². The lowest BCUT2D eigenvalue weighted by molar-refractivity contribution is 0.1000. The summed E-state index contributed by atoms with van der Waals surface area (Å²) < 4.78 is 5.70. The van der Waals surface area contributed by atoms with Crippen molar-refractivity contribution in [3.63, 3.8) is 0 Å². The molecule has 0 spiro atoms. The molecule has 0 saturated carbocycles. The molecule has 0 heterocycles. The smallest absolute Gasteiger partial charge is 0.176 e. The van der Waals surface area contributed by atoms with Gasteiger partial charge >= 0.3 is 0 Å². The second-order valence-corrected chi connectivity index (χ2v) is 5.17. The minimum absolute atomic E-state index is 0.0377. The van der Waals surface area contributed by atoms with Crippen molar-refractivity contribution in [1.29, 1.82) is 0 Å².